The molecule has 0 aromatic carbocycles. The molecule has 0 amide bonds. The third-order valence-electron chi connectivity index (χ3n) is 2.77. The van der Waals surface area contributed by atoms with Gasteiger partial charge in [0.1, 0.15) is 17.9 Å². The van der Waals surface area contributed by atoms with E-state index in [-0.39, 0.29) is 11.7 Å². The van der Waals surface area contributed by atoms with E-state index >= 15 is 0 Å². The standard InChI is InChI=1S/C8H13NO2/c9-5-8-2-1-7(11-8)3-6(10)4-8/h7H,1-5,9H2/p+1/t7-,8+/m0/s1. The molecule has 0 aliphatic carbocycles. The van der Waals surface area contributed by atoms with Gasteiger partial charge < -0.3 is 10.5 Å². The molecule has 11 heavy (non-hydrogen) atoms. The van der Waals surface area contributed by atoms with Crippen molar-refractivity contribution in [3.05, 3.63) is 0 Å². The van der Waals surface area contributed by atoms with E-state index in [4.69, 9.17) is 4.74 Å². The fraction of sp³-hybridized carbons (Fsp3) is 0.875. The Balaban J connectivity index is 2.18. The average Bonchev–Trinajstić information content (AvgIpc) is 2.28. The number of hydrogen-bond donors (Lipinski definition) is 1. The molecule has 3 N–H and O–H groups in total. The lowest BCUT2D eigenvalue weighted by molar-refractivity contribution is -0.402. The molecule has 2 atom stereocenters. The Kier molecular flexibility index (Phi) is 1.51. The quantitative estimate of drug-likeness (QED) is 0.557. The maximum absolute atomic E-state index is 11.2. The summed E-state index contributed by atoms with van der Waals surface area (Å²) in [5, 5.41) is 0. The summed E-state index contributed by atoms with van der Waals surface area (Å²) in [6.07, 6.45) is 3.56. The van der Waals surface area contributed by atoms with Crippen LogP contribution in [0.5, 0.6) is 0 Å². The second-order valence-corrected chi connectivity index (χ2v) is 3.63. The fourth-order valence-corrected chi connectivity index (χ4v) is 2.13. The molecule has 2 saturated heterocycles. The molecular formula is C8H14NO2+. The van der Waals surface area contributed by atoms with Crippen molar-refractivity contribution in [3.8, 4) is 0 Å². The van der Waals surface area contributed by atoms with Crippen molar-refractivity contribution in [2.75, 3.05) is 6.54 Å². The molecule has 2 fully saturated rings. The van der Waals surface area contributed by atoms with Crippen LogP contribution in [0, 0.1) is 0 Å². The molecule has 62 valence electrons. The van der Waals surface area contributed by atoms with Crippen molar-refractivity contribution < 1.29 is 15.3 Å². The molecule has 2 aliphatic heterocycles. The SMILES string of the molecule is [NH3+]C[C@@]12CC[C@@H](CC(=O)C1)O2. The molecule has 0 saturated carbocycles. The Morgan fingerprint density at radius 2 is 2.55 bits per heavy atom. The summed E-state index contributed by atoms with van der Waals surface area (Å²) in [7, 11) is 0. The van der Waals surface area contributed by atoms with E-state index < -0.39 is 0 Å². The Morgan fingerprint density at radius 3 is 3.27 bits per heavy atom. The molecule has 0 aromatic heterocycles. The molecule has 2 bridgehead atoms. The van der Waals surface area contributed by atoms with Crippen LogP contribution in [0.15, 0.2) is 0 Å². The first kappa shape index (κ1) is 7.25. The molecule has 0 aromatic rings. The molecule has 0 spiro atoms. The lowest BCUT2D eigenvalue weighted by Crippen LogP contribution is -2.62. The van der Waals surface area contributed by atoms with Gasteiger partial charge in [0.05, 0.1) is 6.10 Å². The zero-order chi connectivity index (χ0) is 7.90. The van der Waals surface area contributed by atoms with Crippen LogP contribution in [0.1, 0.15) is 25.7 Å². The minimum absolute atomic E-state index is 0.153. The largest absolute Gasteiger partial charge is 0.365 e. The van der Waals surface area contributed by atoms with Gasteiger partial charge in [0, 0.05) is 12.8 Å². The van der Waals surface area contributed by atoms with E-state index in [9.17, 15) is 4.79 Å². The predicted molar refractivity (Wildman–Crippen MR) is 38.8 cm³/mol. The van der Waals surface area contributed by atoms with Gasteiger partial charge in [-0.3, -0.25) is 4.79 Å². The number of ether oxygens (including phenoxy) is 1. The van der Waals surface area contributed by atoms with Crippen LogP contribution in [0.2, 0.25) is 0 Å². The summed E-state index contributed by atoms with van der Waals surface area (Å²) in [6.45, 7) is 0.745. The highest BCUT2D eigenvalue weighted by Gasteiger charge is 2.46. The van der Waals surface area contributed by atoms with Crippen LogP contribution >= 0.6 is 0 Å². The Bertz CT molecular complexity index is 193. The highest BCUT2D eigenvalue weighted by Crippen LogP contribution is 2.38. The number of hydrogen-bond acceptors (Lipinski definition) is 2. The van der Waals surface area contributed by atoms with Gasteiger partial charge in [0.15, 0.2) is 0 Å². The van der Waals surface area contributed by atoms with Crippen LogP contribution in [-0.2, 0) is 9.53 Å². The van der Waals surface area contributed by atoms with Crippen LogP contribution < -0.4 is 5.73 Å². The topological polar surface area (TPSA) is 53.9 Å². The summed E-state index contributed by atoms with van der Waals surface area (Å²) in [5.74, 6) is 0.363. The van der Waals surface area contributed by atoms with Gasteiger partial charge >= 0.3 is 0 Å². The zero-order valence-electron chi connectivity index (χ0n) is 6.64. The molecule has 3 heteroatoms. The highest BCUT2D eigenvalue weighted by atomic mass is 16.5. The summed E-state index contributed by atoms with van der Waals surface area (Å²) < 4.78 is 5.72. The minimum atomic E-state index is -0.153. The summed E-state index contributed by atoms with van der Waals surface area (Å²) in [6, 6.07) is 0. The van der Waals surface area contributed by atoms with Crippen molar-refractivity contribution in [2.45, 2.75) is 37.4 Å². The molecule has 3 nitrogen and oxygen atoms in total. The number of Topliss-reactive ketones (excluding diaryl/α,β-unsaturated/α-hetero) is 1. The average molecular weight is 156 g/mol. The normalized spacial score (nSPS) is 43.0. The second-order valence-electron chi connectivity index (χ2n) is 3.63. The highest BCUT2D eigenvalue weighted by molar-refractivity contribution is 5.81. The first-order valence-electron chi connectivity index (χ1n) is 4.23. The first-order valence-corrected chi connectivity index (χ1v) is 4.23. The van der Waals surface area contributed by atoms with Crippen molar-refractivity contribution in [1.82, 2.24) is 0 Å². The van der Waals surface area contributed by atoms with Gasteiger partial charge in [-0.1, -0.05) is 0 Å². The van der Waals surface area contributed by atoms with Crippen molar-refractivity contribution in [3.63, 3.8) is 0 Å². The maximum atomic E-state index is 11.2. The van der Waals surface area contributed by atoms with Gasteiger partial charge in [0.2, 0.25) is 0 Å². The van der Waals surface area contributed by atoms with E-state index in [1.54, 1.807) is 0 Å². The molecule has 0 unspecified atom stereocenters. The number of rotatable bonds is 1. The van der Waals surface area contributed by atoms with Crippen molar-refractivity contribution >= 4 is 5.78 Å². The van der Waals surface area contributed by atoms with E-state index in [2.05, 4.69) is 5.73 Å². The molecule has 2 heterocycles. The van der Waals surface area contributed by atoms with E-state index in [0.717, 1.165) is 19.4 Å². The third-order valence-corrected chi connectivity index (χ3v) is 2.77. The van der Waals surface area contributed by atoms with Crippen molar-refractivity contribution in [1.29, 1.82) is 0 Å². The molecule has 2 aliphatic rings. The number of ketones is 1. The van der Waals surface area contributed by atoms with Crippen molar-refractivity contribution in [2.24, 2.45) is 0 Å². The Morgan fingerprint density at radius 1 is 1.73 bits per heavy atom. The second kappa shape index (κ2) is 2.29. The zero-order valence-corrected chi connectivity index (χ0v) is 6.64. The van der Waals surface area contributed by atoms with Crippen LogP contribution in [0.3, 0.4) is 0 Å². The fourth-order valence-electron chi connectivity index (χ4n) is 2.13. The smallest absolute Gasteiger partial charge is 0.138 e. The van der Waals surface area contributed by atoms with Crippen LogP contribution in [-0.4, -0.2) is 24.0 Å². The van der Waals surface area contributed by atoms with Gasteiger partial charge in [0.25, 0.3) is 0 Å². The summed E-state index contributed by atoms with van der Waals surface area (Å²) in [4.78, 5) is 11.2. The number of quaternary nitrogens is 1. The van der Waals surface area contributed by atoms with E-state index in [1.807, 2.05) is 0 Å². The first-order chi connectivity index (χ1) is 5.24. The predicted octanol–water partition coefficient (Wildman–Crippen LogP) is -0.491. The lowest BCUT2D eigenvalue weighted by atomic mass is 9.94. The Labute approximate surface area is 65.9 Å². The summed E-state index contributed by atoms with van der Waals surface area (Å²) >= 11 is 0. The van der Waals surface area contributed by atoms with Crippen LogP contribution in [0.4, 0.5) is 0 Å². The van der Waals surface area contributed by atoms with Gasteiger partial charge in [-0.25, -0.2) is 0 Å². The Hall–Kier alpha value is -0.410. The van der Waals surface area contributed by atoms with E-state index in [1.165, 1.54) is 0 Å². The third kappa shape index (κ3) is 1.08. The van der Waals surface area contributed by atoms with E-state index in [0.29, 0.717) is 18.6 Å². The number of carbonyl (C=O) groups excluding carboxylic acids is 1. The minimum Gasteiger partial charge on any atom is -0.365 e. The van der Waals surface area contributed by atoms with Gasteiger partial charge in [-0.15, -0.1) is 0 Å². The summed E-state index contributed by atoms with van der Waals surface area (Å²) in [5.41, 5.74) is 3.68. The van der Waals surface area contributed by atoms with Gasteiger partial charge in [-0.05, 0) is 12.8 Å². The molecular weight excluding hydrogens is 142 g/mol. The monoisotopic (exact) mass is 156 g/mol. The number of carbonyl (C=O) groups is 1. The van der Waals surface area contributed by atoms with Gasteiger partial charge in [-0.2, -0.15) is 0 Å². The molecule has 2 rings (SSSR count). The van der Waals surface area contributed by atoms with Crippen LogP contribution in [0.25, 0.3) is 0 Å². The number of fused-ring (bicyclic) bond motifs is 2. The maximum Gasteiger partial charge on any atom is 0.138 e. The molecule has 0 radical (unpaired) electrons. The lowest BCUT2D eigenvalue weighted by Gasteiger charge is -2.29.